The van der Waals surface area contributed by atoms with Crippen LogP contribution in [-0.2, 0) is 4.79 Å². The molecule has 0 saturated carbocycles. The highest BCUT2D eigenvalue weighted by atomic mass is 16.1. The summed E-state index contributed by atoms with van der Waals surface area (Å²) in [5.41, 5.74) is 1.69. The summed E-state index contributed by atoms with van der Waals surface area (Å²) in [7, 11) is 0. The number of aromatic nitrogens is 2. The Morgan fingerprint density at radius 2 is 2.21 bits per heavy atom. The van der Waals surface area contributed by atoms with Crippen molar-refractivity contribution >= 4 is 17.4 Å². The molecule has 0 fully saturated rings. The zero-order valence-electron chi connectivity index (χ0n) is 7.27. The number of rotatable bonds is 0. The molecule has 0 spiro atoms. The molecule has 1 heterocycles. The van der Waals surface area contributed by atoms with Crippen LogP contribution in [-0.4, -0.2) is 16.0 Å². The molecule has 3 nitrogen and oxygen atoms in total. The van der Waals surface area contributed by atoms with Gasteiger partial charge in [0.2, 0.25) is 0 Å². The van der Waals surface area contributed by atoms with Crippen LogP contribution in [0.2, 0.25) is 0 Å². The maximum atomic E-state index is 11.6. The predicted molar refractivity (Wildman–Crippen MR) is 51.4 cm³/mol. The van der Waals surface area contributed by atoms with Crippen LogP contribution in [0.15, 0.2) is 36.1 Å². The van der Waals surface area contributed by atoms with Crippen LogP contribution in [0.4, 0.5) is 0 Å². The Kier molecular flexibility index (Phi) is 1.31. The van der Waals surface area contributed by atoms with Crippen LogP contribution in [0.25, 0.3) is 11.6 Å². The van der Waals surface area contributed by atoms with Crippen LogP contribution in [0.5, 0.6) is 0 Å². The van der Waals surface area contributed by atoms with Gasteiger partial charge in [-0.25, -0.2) is 0 Å². The van der Waals surface area contributed by atoms with Gasteiger partial charge in [0.1, 0.15) is 0 Å². The molecule has 0 atom stereocenters. The molecule has 0 aliphatic heterocycles. The summed E-state index contributed by atoms with van der Waals surface area (Å²) in [6, 6.07) is 1.83. The van der Waals surface area contributed by atoms with E-state index in [1.54, 1.807) is 18.3 Å². The molecule has 0 saturated heterocycles. The summed E-state index contributed by atoms with van der Waals surface area (Å²) in [4.78, 5) is 11.6. The van der Waals surface area contributed by atoms with E-state index >= 15 is 0 Å². The minimum Gasteiger partial charge on any atom is -0.289 e. The Morgan fingerprint density at radius 3 is 3.14 bits per heavy atom. The van der Waals surface area contributed by atoms with Gasteiger partial charge in [0.05, 0.1) is 11.5 Å². The highest BCUT2D eigenvalue weighted by Gasteiger charge is 2.18. The van der Waals surface area contributed by atoms with Crippen molar-refractivity contribution in [2.75, 3.05) is 0 Å². The first-order valence-electron chi connectivity index (χ1n) is 4.33. The van der Waals surface area contributed by atoms with E-state index in [1.165, 1.54) is 0 Å². The molecule has 0 amide bonds. The number of allylic oxidation sites excluding steroid dienone is 4. The molecule has 66 valence electrons. The van der Waals surface area contributed by atoms with Gasteiger partial charge in [-0.2, -0.15) is 10.2 Å². The summed E-state index contributed by atoms with van der Waals surface area (Å²) in [5.74, 6) is 0.0468. The van der Waals surface area contributed by atoms with E-state index < -0.39 is 0 Å². The summed E-state index contributed by atoms with van der Waals surface area (Å²) in [6.07, 6.45) is 8.74. The van der Waals surface area contributed by atoms with Gasteiger partial charge >= 0.3 is 0 Å². The van der Waals surface area contributed by atoms with Gasteiger partial charge in [-0.1, -0.05) is 12.2 Å². The lowest BCUT2D eigenvalue weighted by atomic mass is 9.99. The molecule has 2 aliphatic rings. The van der Waals surface area contributed by atoms with Gasteiger partial charge in [-0.15, -0.1) is 0 Å². The number of carbonyl (C=O) groups is 1. The number of hydrogen-bond donors (Lipinski definition) is 0. The Balaban J connectivity index is 2.51. The second-order valence-electron chi connectivity index (χ2n) is 3.19. The molecule has 0 N–H and O–H groups in total. The molecule has 0 unspecified atom stereocenters. The van der Waals surface area contributed by atoms with Gasteiger partial charge in [-0.05, 0) is 23.8 Å². The van der Waals surface area contributed by atoms with Crippen molar-refractivity contribution in [1.82, 2.24) is 10.2 Å². The van der Waals surface area contributed by atoms with Crippen molar-refractivity contribution in [3.63, 3.8) is 0 Å². The second kappa shape index (κ2) is 2.48. The Morgan fingerprint density at radius 1 is 1.29 bits per heavy atom. The zero-order chi connectivity index (χ0) is 9.54. The van der Waals surface area contributed by atoms with E-state index in [1.807, 2.05) is 18.2 Å². The van der Waals surface area contributed by atoms with Gasteiger partial charge in [-0.3, -0.25) is 4.79 Å². The van der Waals surface area contributed by atoms with Crippen LogP contribution < -0.4 is 10.6 Å². The smallest absolute Gasteiger partial charge is 0.187 e. The number of nitrogens with zero attached hydrogens (tertiary/aromatic N) is 2. The number of ketones is 1. The van der Waals surface area contributed by atoms with Crippen molar-refractivity contribution in [2.45, 2.75) is 0 Å². The van der Waals surface area contributed by atoms with Crippen LogP contribution in [0.3, 0.4) is 0 Å². The highest BCUT2D eigenvalue weighted by Crippen LogP contribution is 2.19. The maximum absolute atomic E-state index is 11.6. The van der Waals surface area contributed by atoms with E-state index in [0.29, 0.717) is 0 Å². The van der Waals surface area contributed by atoms with Crippen LogP contribution in [0, 0.1) is 0 Å². The van der Waals surface area contributed by atoms with Gasteiger partial charge in [0, 0.05) is 10.8 Å². The highest BCUT2D eigenvalue weighted by molar-refractivity contribution is 6.29. The first-order chi connectivity index (χ1) is 6.86. The number of carbonyl (C=O) groups excluding carboxylic acids is 1. The van der Waals surface area contributed by atoms with Crippen molar-refractivity contribution in [3.8, 4) is 0 Å². The monoisotopic (exact) mass is 182 g/mol. The number of fused-ring (bicyclic) bond motifs is 2. The predicted octanol–water partition coefficient (Wildman–Crippen LogP) is -0.513. The van der Waals surface area contributed by atoms with E-state index in [9.17, 15) is 4.79 Å². The first kappa shape index (κ1) is 7.38. The number of hydrogen-bond acceptors (Lipinski definition) is 3. The molecule has 1 aromatic heterocycles. The van der Waals surface area contributed by atoms with E-state index in [0.717, 1.165) is 21.7 Å². The van der Waals surface area contributed by atoms with Crippen LogP contribution >= 0.6 is 0 Å². The Bertz CT molecular complexity index is 608. The quantitative estimate of drug-likeness (QED) is 0.542. The molecule has 1 aromatic rings. The van der Waals surface area contributed by atoms with E-state index in [2.05, 4.69) is 10.2 Å². The van der Waals surface area contributed by atoms with E-state index in [-0.39, 0.29) is 5.78 Å². The van der Waals surface area contributed by atoms with Crippen molar-refractivity contribution in [2.24, 2.45) is 0 Å². The van der Waals surface area contributed by atoms with Gasteiger partial charge in [0.25, 0.3) is 0 Å². The molecule has 0 radical (unpaired) electrons. The standard InChI is InChI=1S/C11H6N2O/c14-10-3-1-2-7-6-9-8(11(7)10)4-5-12-13-9/h1-6H. The van der Waals surface area contributed by atoms with Crippen LogP contribution in [0.1, 0.15) is 0 Å². The Hall–Kier alpha value is -2.03. The summed E-state index contributed by atoms with van der Waals surface area (Å²) < 4.78 is 0. The fourth-order valence-corrected chi connectivity index (χ4v) is 1.76. The molecular formula is C11H6N2O. The largest absolute Gasteiger partial charge is 0.289 e. The van der Waals surface area contributed by atoms with Gasteiger partial charge in [0.15, 0.2) is 5.78 Å². The fourth-order valence-electron chi connectivity index (χ4n) is 1.76. The lowest BCUT2D eigenvalue weighted by molar-refractivity contribution is -0.109. The average Bonchev–Trinajstić information content (AvgIpc) is 2.57. The van der Waals surface area contributed by atoms with E-state index in [4.69, 9.17) is 0 Å². The molecule has 2 aliphatic carbocycles. The topological polar surface area (TPSA) is 42.9 Å². The third kappa shape index (κ3) is 0.836. The third-order valence-electron chi connectivity index (χ3n) is 2.37. The minimum atomic E-state index is 0.0468. The zero-order valence-corrected chi connectivity index (χ0v) is 7.27. The average molecular weight is 182 g/mol. The Labute approximate surface area is 79.8 Å². The fraction of sp³-hybridized carbons (Fsp3) is 0. The second-order valence-corrected chi connectivity index (χ2v) is 3.19. The molecule has 14 heavy (non-hydrogen) atoms. The molecule has 3 heteroatoms. The normalized spacial score (nSPS) is 17.3. The minimum absolute atomic E-state index is 0.0468. The first-order valence-corrected chi connectivity index (χ1v) is 4.33. The molecule has 0 aromatic carbocycles. The molecular weight excluding hydrogens is 176 g/mol. The molecule has 0 bridgehead atoms. The lowest BCUT2D eigenvalue weighted by Crippen LogP contribution is -2.28. The molecule has 3 rings (SSSR count). The summed E-state index contributed by atoms with van der Waals surface area (Å²) in [6.45, 7) is 0. The maximum Gasteiger partial charge on any atom is 0.187 e. The summed E-state index contributed by atoms with van der Waals surface area (Å²) in [5, 5.41) is 9.43. The third-order valence-corrected chi connectivity index (χ3v) is 2.37. The van der Waals surface area contributed by atoms with Crippen molar-refractivity contribution in [1.29, 1.82) is 0 Å². The summed E-state index contributed by atoms with van der Waals surface area (Å²) >= 11 is 0. The van der Waals surface area contributed by atoms with Crippen molar-refractivity contribution in [3.05, 3.63) is 46.6 Å². The van der Waals surface area contributed by atoms with Crippen molar-refractivity contribution < 1.29 is 4.79 Å². The lowest BCUT2D eigenvalue weighted by Gasteiger charge is -2.03. The SMILES string of the molecule is O=C1C=CC=C2C=c3nnccc3=C12. The van der Waals surface area contributed by atoms with Gasteiger partial charge < -0.3 is 0 Å².